The van der Waals surface area contributed by atoms with Gasteiger partial charge in [-0.25, -0.2) is 9.87 Å². The lowest BCUT2D eigenvalue weighted by atomic mass is 10.0. The van der Waals surface area contributed by atoms with Crippen LogP contribution in [0.1, 0.15) is 27.0 Å². The first-order chi connectivity index (χ1) is 15.0. The van der Waals surface area contributed by atoms with Gasteiger partial charge in [0.15, 0.2) is 0 Å². The molecule has 1 aliphatic heterocycles. The maximum atomic E-state index is 13.6. The van der Waals surface area contributed by atoms with Crippen LogP contribution in [0.15, 0.2) is 66.7 Å². The molecule has 31 heavy (non-hydrogen) atoms. The average Bonchev–Trinajstić information content (AvgIpc) is 3.21. The molecule has 1 aliphatic rings. The summed E-state index contributed by atoms with van der Waals surface area (Å²) < 4.78 is 13.3. The standard InChI is InChI=1S/C24H18ClFN2O3/c25-19-3-1-2-16(14-19)21(12-15-4-7-20(26)8-5-15)24(30)28-11-10-17-13-18(23(29)27-31)6-9-22(17)28/h1-9,12-14,31H,10-11H2,(H,27,29). The zero-order chi connectivity index (χ0) is 22.0. The van der Waals surface area contributed by atoms with Gasteiger partial charge in [-0.3, -0.25) is 14.8 Å². The van der Waals surface area contributed by atoms with Gasteiger partial charge in [-0.15, -0.1) is 0 Å². The first-order valence-electron chi connectivity index (χ1n) is 9.58. The molecule has 0 aliphatic carbocycles. The van der Waals surface area contributed by atoms with Crippen LogP contribution in [0.2, 0.25) is 5.02 Å². The summed E-state index contributed by atoms with van der Waals surface area (Å²) >= 11 is 6.16. The van der Waals surface area contributed by atoms with Crippen molar-refractivity contribution in [3.63, 3.8) is 0 Å². The van der Waals surface area contributed by atoms with E-state index < -0.39 is 5.91 Å². The van der Waals surface area contributed by atoms with E-state index in [0.717, 1.165) is 5.56 Å². The van der Waals surface area contributed by atoms with E-state index in [1.54, 1.807) is 71.1 Å². The number of benzene rings is 3. The summed E-state index contributed by atoms with van der Waals surface area (Å²) in [5.41, 5.74) is 5.20. The lowest BCUT2D eigenvalue weighted by molar-refractivity contribution is -0.113. The minimum atomic E-state index is -0.608. The fraction of sp³-hybridized carbons (Fsp3) is 0.0833. The van der Waals surface area contributed by atoms with Crippen LogP contribution < -0.4 is 10.4 Å². The van der Waals surface area contributed by atoms with Crippen molar-refractivity contribution in [1.29, 1.82) is 0 Å². The van der Waals surface area contributed by atoms with Gasteiger partial charge in [-0.05, 0) is 71.7 Å². The molecule has 3 aromatic carbocycles. The number of amides is 2. The first-order valence-corrected chi connectivity index (χ1v) is 9.96. The van der Waals surface area contributed by atoms with Gasteiger partial charge in [-0.2, -0.15) is 0 Å². The highest BCUT2D eigenvalue weighted by molar-refractivity contribution is 6.33. The fourth-order valence-electron chi connectivity index (χ4n) is 3.61. The van der Waals surface area contributed by atoms with Crippen molar-refractivity contribution in [1.82, 2.24) is 5.48 Å². The Balaban J connectivity index is 1.74. The van der Waals surface area contributed by atoms with E-state index in [-0.39, 0.29) is 11.7 Å². The van der Waals surface area contributed by atoms with Gasteiger partial charge < -0.3 is 4.90 Å². The second-order valence-corrected chi connectivity index (χ2v) is 7.55. The molecular formula is C24H18ClFN2O3. The number of hydrogen-bond donors (Lipinski definition) is 2. The number of rotatable bonds is 4. The summed E-state index contributed by atoms with van der Waals surface area (Å²) in [6.45, 7) is 0.444. The molecule has 0 radical (unpaired) electrons. The van der Waals surface area contributed by atoms with Gasteiger partial charge in [0.25, 0.3) is 11.8 Å². The third-order valence-electron chi connectivity index (χ3n) is 5.13. The monoisotopic (exact) mass is 436 g/mol. The highest BCUT2D eigenvalue weighted by atomic mass is 35.5. The summed E-state index contributed by atoms with van der Waals surface area (Å²) in [6.07, 6.45) is 2.28. The minimum absolute atomic E-state index is 0.232. The quantitative estimate of drug-likeness (QED) is 0.269. The molecule has 0 spiro atoms. The lowest BCUT2D eigenvalue weighted by Gasteiger charge is -2.20. The number of fused-ring (bicyclic) bond motifs is 1. The molecule has 0 bridgehead atoms. The Labute approximate surface area is 183 Å². The number of hydroxylamine groups is 1. The maximum absolute atomic E-state index is 13.6. The lowest BCUT2D eigenvalue weighted by Crippen LogP contribution is -2.29. The molecule has 156 valence electrons. The van der Waals surface area contributed by atoms with Crippen molar-refractivity contribution in [2.45, 2.75) is 6.42 Å². The van der Waals surface area contributed by atoms with Crippen molar-refractivity contribution < 1.29 is 19.2 Å². The molecular weight excluding hydrogens is 419 g/mol. The molecule has 2 N–H and O–H groups in total. The summed E-state index contributed by atoms with van der Waals surface area (Å²) in [5.74, 6) is -1.20. The maximum Gasteiger partial charge on any atom is 0.274 e. The molecule has 2 amide bonds. The Kier molecular flexibility index (Phi) is 5.84. The van der Waals surface area contributed by atoms with Gasteiger partial charge >= 0.3 is 0 Å². The Morgan fingerprint density at radius 3 is 2.52 bits per heavy atom. The number of carbonyl (C=O) groups is 2. The van der Waals surface area contributed by atoms with E-state index in [1.165, 1.54) is 12.1 Å². The van der Waals surface area contributed by atoms with Crippen LogP contribution in [0.4, 0.5) is 10.1 Å². The fourth-order valence-corrected chi connectivity index (χ4v) is 3.80. The van der Waals surface area contributed by atoms with Crippen LogP contribution in [-0.4, -0.2) is 23.6 Å². The molecule has 0 atom stereocenters. The van der Waals surface area contributed by atoms with Gasteiger partial charge in [0, 0.05) is 28.4 Å². The third-order valence-corrected chi connectivity index (χ3v) is 5.37. The van der Waals surface area contributed by atoms with Crippen molar-refractivity contribution >= 4 is 40.8 Å². The molecule has 4 rings (SSSR count). The van der Waals surface area contributed by atoms with Crippen LogP contribution in [0.5, 0.6) is 0 Å². The molecule has 0 fully saturated rings. The number of hydrogen-bond acceptors (Lipinski definition) is 3. The number of anilines is 1. The van der Waals surface area contributed by atoms with Gasteiger partial charge in [0.05, 0.1) is 0 Å². The summed E-state index contributed by atoms with van der Waals surface area (Å²) in [6, 6.07) is 17.8. The van der Waals surface area contributed by atoms with E-state index in [9.17, 15) is 14.0 Å². The molecule has 3 aromatic rings. The van der Waals surface area contributed by atoms with Crippen molar-refractivity contribution in [2.75, 3.05) is 11.4 Å². The van der Waals surface area contributed by atoms with Crippen LogP contribution in [0.25, 0.3) is 11.6 Å². The number of carbonyl (C=O) groups excluding carboxylic acids is 2. The highest BCUT2D eigenvalue weighted by Crippen LogP contribution is 2.33. The van der Waals surface area contributed by atoms with Crippen molar-refractivity contribution in [2.24, 2.45) is 0 Å². The van der Waals surface area contributed by atoms with Crippen LogP contribution >= 0.6 is 11.6 Å². The van der Waals surface area contributed by atoms with E-state index in [0.29, 0.717) is 45.9 Å². The summed E-state index contributed by atoms with van der Waals surface area (Å²) in [7, 11) is 0. The largest absolute Gasteiger partial charge is 0.308 e. The molecule has 0 saturated carbocycles. The Morgan fingerprint density at radius 2 is 1.81 bits per heavy atom. The van der Waals surface area contributed by atoms with E-state index in [2.05, 4.69) is 0 Å². The van der Waals surface area contributed by atoms with Crippen molar-refractivity contribution in [3.05, 3.63) is 99.8 Å². The number of nitrogens with one attached hydrogen (secondary N) is 1. The van der Waals surface area contributed by atoms with Crippen LogP contribution in [0, 0.1) is 5.82 Å². The second kappa shape index (κ2) is 8.71. The molecule has 7 heteroatoms. The van der Waals surface area contributed by atoms with E-state index in [1.807, 2.05) is 0 Å². The van der Waals surface area contributed by atoms with E-state index >= 15 is 0 Å². The van der Waals surface area contributed by atoms with Crippen LogP contribution in [-0.2, 0) is 11.2 Å². The zero-order valence-electron chi connectivity index (χ0n) is 16.3. The predicted octanol–water partition coefficient (Wildman–Crippen LogP) is 4.73. The molecule has 0 aromatic heterocycles. The number of nitrogens with zero attached hydrogens (tertiary/aromatic N) is 1. The van der Waals surface area contributed by atoms with Crippen molar-refractivity contribution in [3.8, 4) is 0 Å². The SMILES string of the molecule is O=C(NO)c1ccc2c(c1)CCN2C(=O)C(=Cc1ccc(F)cc1)c1cccc(Cl)c1. The molecule has 0 unspecified atom stereocenters. The third kappa shape index (κ3) is 4.35. The highest BCUT2D eigenvalue weighted by Gasteiger charge is 2.28. The van der Waals surface area contributed by atoms with Crippen LogP contribution in [0.3, 0.4) is 0 Å². The minimum Gasteiger partial charge on any atom is -0.308 e. The summed E-state index contributed by atoms with van der Waals surface area (Å²) in [5, 5.41) is 9.35. The molecule has 1 heterocycles. The normalized spacial score (nSPS) is 13.1. The Bertz CT molecular complexity index is 1190. The second-order valence-electron chi connectivity index (χ2n) is 7.11. The van der Waals surface area contributed by atoms with Gasteiger partial charge in [0.1, 0.15) is 5.82 Å². The van der Waals surface area contributed by atoms with Gasteiger partial charge in [-0.1, -0.05) is 35.9 Å². The smallest absolute Gasteiger partial charge is 0.274 e. The number of halogens is 2. The Hall–Kier alpha value is -3.48. The predicted molar refractivity (Wildman–Crippen MR) is 117 cm³/mol. The first kappa shape index (κ1) is 20.8. The molecule has 0 saturated heterocycles. The summed E-state index contributed by atoms with van der Waals surface area (Å²) in [4.78, 5) is 26.9. The topological polar surface area (TPSA) is 69.6 Å². The van der Waals surface area contributed by atoms with Gasteiger partial charge in [0.2, 0.25) is 0 Å². The Morgan fingerprint density at radius 1 is 1.03 bits per heavy atom. The molecule has 5 nitrogen and oxygen atoms in total. The zero-order valence-corrected chi connectivity index (χ0v) is 17.1. The van der Waals surface area contributed by atoms with E-state index in [4.69, 9.17) is 16.8 Å². The average molecular weight is 437 g/mol.